The Morgan fingerprint density at radius 3 is 2.83 bits per heavy atom. The Morgan fingerprint density at radius 1 is 1.42 bits per heavy atom. The van der Waals surface area contributed by atoms with Crippen LogP contribution < -0.4 is 10.6 Å². The third-order valence-corrected chi connectivity index (χ3v) is 4.04. The molecule has 0 spiro atoms. The minimum atomic E-state index is 0.419. The van der Waals surface area contributed by atoms with Crippen LogP contribution in [0.1, 0.15) is 37.9 Å². The Morgan fingerprint density at radius 2 is 2.21 bits per heavy atom. The number of aryl methyl sites for hydroxylation is 1. The molecule has 2 rings (SSSR count). The predicted octanol–water partition coefficient (Wildman–Crippen LogP) is 0.934. The summed E-state index contributed by atoms with van der Waals surface area (Å²) in [7, 11) is 1.76. The number of guanidine groups is 1. The topological polar surface area (TPSA) is 87.8 Å². The van der Waals surface area contributed by atoms with Gasteiger partial charge in [0, 0.05) is 52.9 Å². The van der Waals surface area contributed by atoms with Crippen molar-refractivity contribution in [2.75, 3.05) is 39.9 Å². The van der Waals surface area contributed by atoms with E-state index in [2.05, 4.69) is 37.6 Å². The number of aromatic nitrogens is 2. The van der Waals surface area contributed by atoms with Crippen LogP contribution in [0.5, 0.6) is 0 Å². The summed E-state index contributed by atoms with van der Waals surface area (Å²) >= 11 is 0. The maximum absolute atomic E-state index is 5.12. The SMILES string of the molecule is CCNC(=NCc1noc(C)n1)NC1CCN(CCCOC)CC1. The molecule has 0 atom stereocenters. The highest BCUT2D eigenvalue weighted by Crippen LogP contribution is 2.10. The average Bonchev–Trinajstić information content (AvgIpc) is 3.00. The standard InChI is InChI=1S/C16H30N6O2/c1-4-17-16(18-12-15-19-13(2)24-21-15)20-14-6-9-22(10-7-14)8-5-11-23-3/h14H,4-12H2,1-3H3,(H2,17,18,20). The van der Waals surface area contributed by atoms with Gasteiger partial charge >= 0.3 is 0 Å². The molecule has 1 saturated heterocycles. The van der Waals surface area contributed by atoms with Gasteiger partial charge in [-0.15, -0.1) is 0 Å². The van der Waals surface area contributed by atoms with Crippen LogP contribution in [0.25, 0.3) is 0 Å². The quantitative estimate of drug-likeness (QED) is 0.414. The Balaban J connectivity index is 1.76. The molecular weight excluding hydrogens is 308 g/mol. The van der Waals surface area contributed by atoms with Gasteiger partial charge in [0.15, 0.2) is 11.8 Å². The van der Waals surface area contributed by atoms with Crippen LogP contribution in [0.3, 0.4) is 0 Å². The number of nitrogens with one attached hydrogen (secondary N) is 2. The molecule has 0 unspecified atom stereocenters. The first-order valence-electron chi connectivity index (χ1n) is 8.76. The predicted molar refractivity (Wildman–Crippen MR) is 92.9 cm³/mol. The van der Waals surface area contributed by atoms with Crippen molar-refractivity contribution in [3.8, 4) is 0 Å². The summed E-state index contributed by atoms with van der Waals surface area (Å²) in [4.78, 5) is 11.2. The Bertz CT molecular complexity index is 497. The van der Waals surface area contributed by atoms with Gasteiger partial charge in [-0.1, -0.05) is 5.16 Å². The fraction of sp³-hybridized carbons (Fsp3) is 0.812. The van der Waals surface area contributed by atoms with Gasteiger partial charge in [0.05, 0.1) is 0 Å². The van der Waals surface area contributed by atoms with E-state index in [1.165, 1.54) is 0 Å². The van der Waals surface area contributed by atoms with Crippen LogP contribution in [0.4, 0.5) is 0 Å². The van der Waals surface area contributed by atoms with Gasteiger partial charge in [0.25, 0.3) is 0 Å². The number of hydrogen-bond donors (Lipinski definition) is 2. The minimum absolute atomic E-state index is 0.419. The molecule has 8 nitrogen and oxygen atoms in total. The molecule has 24 heavy (non-hydrogen) atoms. The van der Waals surface area contributed by atoms with Crippen molar-refractivity contribution >= 4 is 5.96 Å². The molecule has 0 radical (unpaired) electrons. The normalized spacial score (nSPS) is 17.2. The maximum Gasteiger partial charge on any atom is 0.223 e. The number of nitrogens with zero attached hydrogens (tertiary/aromatic N) is 4. The lowest BCUT2D eigenvalue weighted by atomic mass is 10.1. The van der Waals surface area contributed by atoms with Crippen LogP contribution in [0.15, 0.2) is 9.52 Å². The molecular formula is C16H30N6O2. The zero-order valence-corrected chi connectivity index (χ0v) is 15.0. The summed E-state index contributed by atoms with van der Waals surface area (Å²) in [5.41, 5.74) is 0. The molecule has 1 aliphatic rings. The van der Waals surface area contributed by atoms with Crippen LogP contribution in [-0.4, -0.2) is 66.9 Å². The van der Waals surface area contributed by atoms with Crippen LogP contribution in [-0.2, 0) is 11.3 Å². The first-order chi connectivity index (χ1) is 11.7. The number of rotatable bonds is 8. The van der Waals surface area contributed by atoms with Gasteiger partial charge in [0.2, 0.25) is 5.89 Å². The van der Waals surface area contributed by atoms with Crippen molar-refractivity contribution in [1.29, 1.82) is 0 Å². The molecule has 1 aliphatic heterocycles. The van der Waals surface area contributed by atoms with Gasteiger partial charge in [-0.3, -0.25) is 0 Å². The van der Waals surface area contributed by atoms with E-state index in [4.69, 9.17) is 9.26 Å². The first-order valence-corrected chi connectivity index (χ1v) is 8.76. The lowest BCUT2D eigenvalue weighted by Gasteiger charge is -2.33. The highest BCUT2D eigenvalue weighted by molar-refractivity contribution is 5.80. The highest BCUT2D eigenvalue weighted by Gasteiger charge is 2.19. The molecule has 0 saturated carbocycles. The van der Waals surface area contributed by atoms with Gasteiger partial charge in [-0.25, -0.2) is 4.99 Å². The van der Waals surface area contributed by atoms with Gasteiger partial charge < -0.3 is 24.8 Å². The number of likely N-dealkylation sites (tertiary alicyclic amines) is 1. The molecule has 0 aliphatic carbocycles. The summed E-state index contributed by atoms with van der Waals surface area (Å²) in [5, 5.41) is 10.7. The van der Waals surface area contributed by atoms with Crippen molar-refractivity contribution in [2.24, 2.45) is 4.99 Å². The second kappa shape index (κ2) is 10.2. The highest BCUT2D eigenvalue weighted by atomic mass is 16.5. The van der Waals surface area contributed by atoms with E-state index >= 15 is 0 Å². The zero-order chi connectivity index (χ0) is 17.2. The molecule has 2 heterocycles. The van der Waals surface area contributed by atoms with Gasteiger partial charge in [-0.05, 0) is 26.2 Å². The summed E-state index contributed by atoms with van der Waals surface area (Å²) in [6.07, 6.45) is 3.35. The Kier molecular flexibility index (Phi) is 7.97. The lowest BCUT2D eigenvalue weighted by molar-refractivity contribution is 0.155. The number of aliphatic imine (C=N–C) groups is 1. The number of hydrogen-bond acceptors (Lipinski definition) is 6. The summed E-state index contributed by atoms with van der Waals surface area (Å²) < 4.78 is 10.1. The zero-order valence-electron chi connectivity index (χ0n) is 15.0. The fourth-order valence-corrected chi connectivity index (χ4v) is 2.80. The Labute approximate surface area is 144 Å². The monoisotopic (exact) mass is 338 g/mol. The molecule has 8 heteroatoms. The van der Waals surface area contributed by atoms with E-state index in [-0.39, 0.29) is 0 Å². The van der Waals surface area contributed by atoms with Gasteiger partial charge in [-0.2, -0.15) is 4.98 Å². The number of ether oxygens (including phenoxy) is 1. The largest absolute Gasteiger partial charge is 0.385 e. The van der Waals surface area contributed by atoms with Crippen molar-refractivity contribution < 1.29 is 9.26 Å². The van der Waals surface area contributed by atoms with E-state index in [0.717, 1.165) is 58.0 Å². The fourth-order valence-electron chi connectivity index (χ4n) is 2.80. The molecule has 136 valence electrons. The maximum atomic E-state index is 5.12. The second-order valence-corrected chi connectivity index (χ2v) is 6.03. The van der Waals surface area contributed by atoms with E-state index < -0.39 is 0 Å². The van der Waals surface area contributed by atoms with E-state index in [9.17, 15) is 0 Å². The van der Waals surface area contributed by atoms with Crippen molar-refractivity contribution in [2.45, 2.75) is 45.7 Å². The third-order valence-electron chi connectivity index (χ3n) is 4.04. The molecule has 0 amide bonds. The first kappa shape index (κ1) is 18.7. The lowest BCUT2D eigenvalue weighted by Crippen LogP contribution is -2.48. The van der Waals surface area contributed by atoms with Crippen LogP contribution >= 0.6 is 0 Å². The number of methoxy groups -OCH3 is 1. The molecule has 0 aromatic carbocycles. The van der Waals surface area contributed by atoms with E-state index in [0.29, 0.717) is 24.3 Å². The van der Waals surface area contributed by atoms with E-state index in [1.807, 2.05) is 0 Å². The number of piperidine rings is 1. The van der Waals surface area contributed by atoms with Crippen LogP contribution in [0, 0.1) is 6.92 Å². The molecule has 1 aromatic heterocycles. The second-order valence-electron chi connectivity index (χ2n) is 6.03. The molecule has 2 N–H and O–H groups in total. The Hall–Kier alpha value is -1.67. The van der Waals surface area contributed by atoms with Crippen LogP contribution in [0.2, 0.25) is 0 Å². The average molecular weight is 338 g/mol. The smallest absolute Gasteiger partial charge is 0.223 e. The molecule has 0 bridgehead atoms. The van der Waals surface area contributed by atoms with Crippen molar-refractivity contribution in [3.05, 3.63) is 11.7 Å². The molecule has 1 aromatic rings. The summed E-state index contributed by atoms with van der Waals surface area (Å²) in [5.74, 6) is 1.99. The van der Waals surface area contributed by atoms with Gasteiger partial charge in [0.1, 0.15) is 6.54 Å². The van der Waals surface area contributed by atoms with Crippen molar-refractivity contribution in [1.82, 2.24) is 25.7 Å². The molecule has 1 fully saturated rings. The minimum Gasteiger partial charge on any atom is -0.385 e. The third kappa shape index (κ3) is 6.45. The summed E-state index contributed by atoms with van der Waals surface area (Å²) in [6.45, 7) is 9.28. The summed E-state index contributed by atoms with van der Waals surface area (Å²) in [6, 6.07) is 0.452. The van der Waals surface area contributed by atoms with Crippen molar-refractivity contribution in [3.63, 3.8) is 0 Å². The van der Waals surface area contributed by atoms with E-state index in [1.54, 1.807) is 14.0 Å².